The van der Waals surface area contributed by atoms with E-state index in [9.17, 15) is 13.2 Å². The number of anilines is 1. The van der Waals surface area contributed by atoms with Crippen LogP contribution in [0.4, 0.5) is 5.69 Å². The van der Waals surface area contributed by atoms with Gasteiger partial charge in [-0.1, -0.05) is 18.0 Å². The van der Waals surface area contributed by atoms with Gasteiger partial charge in [-0.05, 0) is 49.3 Å². The fraction of sp³-hybridized carbons (Fsp3) is 0.562. The van der Waals surface area contributed by atoms with Gasteiger partial charge in [-0.25, -0.2) is 8.42 Å². The summed E-state index contributed by atoms with van der Waals surface area (Å²) in [5, 5.41) is 3.41. The Morgan fingerprint density at radius 1 is 1.30 bits per heavy atom. The van der Waals surface area contributed by atoms with E-state index < -0.39 is 10.0 Å². The molecule has 23 heavy (non-hydrogen) atoms. The molecule has 1 aromatic carbocycles. The van der Waals surface area contributed by atoms with Gasteiger partial charge < -0.3 is 5.32 Å². The van der Waals surface area contributed by atoms with Gasteiger partial charge in [0.15, 0.2) is 0 Å². The van der Waals surface area contributed by atoms with Crippen molar-refractivity contribution in [2.45, 2.75) is 31.7 Å². The highest BCUT2D eigenvalue weighted by Crippen LogP contribution is 2.44. The summed E-state index contributed by atoms with van der Waals surface area (Å²) in [6, 6.07) is 4.91. The summed E-state index contributed by atoms with van der Waals surface area (Å²) in [7, 11) is -1.93. The van der Waals surface area contributed by atoms with Crippen LogP contribution >= 0.6 is 11.6 Å². The molecule has 126 valence electrons. The normalized spacial score (nSPS) is 26.3. The molecule has 2 fully saturated rings. The molecule has 2 aliphatic rings. The number of hydrogen-bond donors (Lipinski definition) is 1. The molecular weight excluding hydrogens is 336 g/mol. The quantitative estimate of drug-likeness (QED) is 0.901. The first-order valence-electron chi connectivity index (χ1n) is 7.80. The van der Waals surface area contributed by atoms with Gasteiger partial charge in [-0.3, -0.25) is 9.10 Å². The molecule has 5 nitrogen and oxygen atoms in total. The third-order valence-electron chi connectivity index (χ3n) is 5.11. The molecule has 0 heterocycles. The Labute approximate surface area is 142 Å². The number of nitrogens with one attached hydrogen (secondary N) is 1. The van der Waals surface area contributed by atoms with Crippen molar-refractivity contribution in [1.29, 1.82) is 0 Å². The summed E-state index contributed by atoms with van der Waals surface area (Å²) in [5.74, 6) is 1.09. The Hall–Kier alpha value is -1.27. The first kappa shape index (κ1) is 16.6. The third kappa shape index (κ3) is 3.33. The minimum Gasteiger partial charge on any atom is -0.349 e. The lowest BCUT2D eigenvalue weighted by atomic mass is 9.95. The maximum atomic E-state index is 12.6. The van der Waals surface area contributed by atoms with Crippen LogP contribution < -0.4 is 9.62 Å². The van der Waals surface area contributed by atoms with Crippen LogP contribution in [0.5, 0.6) is 0 Å². The number of carbonyl (C=O) groups is 1. The van der Waals surface area contributed by atoms with Crippen molar-refractivity contribution < 1.29 is 13.2 Å². The lowest BCUT2D eigenvalue weighted by molar-refractivity contribution is 0.0923. The molecule has 3 rings (SSSR count). The Balaban J connectivity index is 1.80. The van der Waals surface area contributed by atoms with Crippen molar-refractivity contribution in [3.63, 3.8) is 0 Å². The van der Waals surface area contributed by atoms with Crippen molar-refractivity contribution in [2.75, 3.05) is 17.6 Å². The Kier molecular flexibility index (Phi) is 4.31. The van der Waals surface area contributed by atoms with Crippen LogP contribution in [0.1, 0.15) is 36.0 Å². The molecule has 0 saturated heterocycles. The van der Waals surface area contributed by atoms with Crippen molar-refractivity contribution in [3.8, 4) is 0 Å². The average molecular weight is 357 g/mol. The largest absolute Gasteiger partial charge is 0.349 e. The van der Waals surface area contributed by atoms with Crippen molar-refractivity contribution in [3.05, 3.63) is 28.8 Å². The maximum absolute atomic E-state index is 12.6. The minimum atomic E-state index is -3.38. The summed E-state index contributed by atoms with van der Waals surface area (Å²) < 4.78 is 24.4. The molecule has 3 atom stereocenters. The van der Waals surface area contributed by atoms with Gasteiger partial charge in [-0.2, -0.15) is 0 Å². The molecule has 7 heteroatoms. The zero-order valence-corrected chi connectivity index (χ0v) is 14.8. The fourth-order valence-electron chi connectivity index (χ4n) is 3.74. The van der Waals surface area contributed by atoms with E-state index in [0.29, 0.717) is 22.2 Å². The number of hydrogen-bond acceptors (Lipinski definition) is 3. The number of rotatable bonds is 4. The first-order valence-corrected chi connectivity index (χ1v) is 10.0. The van der Waals surface area contributed by atoms with E-state index in [0.717, 1.165) is 22.9 Å². The number of halogens is 1. The highest BCUT2D eigenvalue weighted by molar-refractivity contribution is 7.92. The van der Waals surface area contributed by atoms with Crippen LogP contribution in [0.15, 0.2) is 18.2 Å². The Morgan fingerprint density at radius 2 is 2.04 bits per heavy atom. The highest BCUT2D eigenvalue weighted by atomic mass is 35.5. The Bertz CT molecular complexity index is 735. The molecule has 0 unspecified atom stereocenters. The van der Waals surface area contributed by atoms with Crippen molar-refractivity contribution in [1.82, 2.24) is 5.32 Å². The summed E-state index contributed by atoms with van der Waals surface area (Å²) in [5.41, 5.74) is 0.748. The van der Waals surface area contributed by atoms with Gasteiger partial charge >= 0.3 is 0 Å². The molecule has 0 aliphatic heterocycles. The van der Waals surface area contributed by atoms with Crippen molar-refractivity contribution >= 4 is 33.2 Å². The number of carbonyl (C=O) groups excluding carboxylic acids is 1. The van der Waals surface area contributed by atoms with E-state index >= 15 is 0 Å². The molecule has 0 radical (unpaired) electrons. The summed E-state index contributed by atoms with van der Waals surface area (Å²) >= 11 is 6.15. The lowest BCUT2D eigenvalue weighted by Gasteiger charge is -2.23. The van der Waals surface area contributed by atoms with Crippen LogP contribution in [-0.4, -0.2) is 33.7 Å². The van der Waals surface area contributed by atoms with Gasteiger partial charge in [0, 0.05) is 13.1 Å². The highest BCUT2D eigenvalue weighted by Gasteiger charge is 2.40. The topological polar surface area (TPSA) is 66.5 Å². The molecule has 2 bridgehead atoms. The van der Waals surface area contributed by atoms with E-state index in [4.69, 9.17) is 11.6 Å². The molecule has 2 saturated carbocycles. The molecular formula is C16H21ClN2O3S. The maximum Gasteiger partial charge on any atom is 0.253 e. The van der Waals surface area contributed by atoms with Gasteiger partial charge in [0.1, 0.15) is 0 Å². The monoisotopic (exact) mass is 356 g/mol. The third-order valence-corrected chi connectivity index (χ3v) is 6.65. The summed E-state index contributed by atoms with van der Waals surface area (Å²) in [4.78, 5) is 12.6. The van der Waals surface area contributed by atoms with Crippen LogP contribution in [0.2, 0.25) is 5.02 Å². The van der Waals surface area contributed by atoms with Crippen LogP contribution in [0.25, 0.3) is 0 Å². The summed E-state index contributed by atoms with van der Waals surface area (Å²) in [6.07, 6.45) is 5.82. The standard InChI is InChI=1S/C16H21ClN2O3S/c1-19(23(2,21)22)12-5-6-14(17)13(9-12)16(20)18-15-8-10-3-4-11(15)7-10/h5-6,9-11,15H,3-4,7-8H2,1-2H3,(H,18,20)/t10-,11-,15-/m1/s1. The SMILES string of the molecule is CN(c1ccc(Cl)c(C(=O)N[C@@H]2C[C@@H]3CC[C@@H]2C3)c1)S(C)(=O)=O. The first-order chi connectivity index (χ1) is 10.8. The molecule has 2 aliphatic carbocycles. The molecule has 1 amide bonds. The second-order valence-electron chi connectivity index (χ2n) is 6.65. The number of nitrogens with zero attached hydrogens (tertiary/aromatic N) is 1. The van der Waals surface area contributed by atoms with E-state index in [1.807, 2.05) is 0 Å². The molecule has 0 aromatic heterocycles. The van der Waals surface area contributed by atoms with Crippen LogP contribution in [0.3, 0.4) is 0 Å². The van der Waals surface area contributed by atoms with Crippen LogP contribution in [-0.2, 0) is 10.0 Å². The van der Waals surface area contributed by atoms with E-state index in [2.05, 4.69) is 5.32 Å². The molecule has 1 N–H and O–H groups in total. The van der Waals surface area contributed by atoms with Gasteiger partial charge in [-0.15, -0.1) is 0 Å². The van der Waals surface area contributed by atoms with Gasteiger partial charge in [0.05, 0.1) is 22.5 Å². The average Bonchev–Trinajstić information content (AvgIpc) is 3.08. The second-order valence-corrected chi connectivity index (χ2v) is 9.07. The van der Waals surface area contributed by atoms with Crippen LogP contribution in [0, 0.1) is 11.8 Å². The predicted octanol–water partition coefficient (Wildman–Crippen LogP) is 2.65. The van der Waals surface area contributed by atoms with Gasteiger partial charge in [0.25, 0.3) is 5.91 Å². The molecule has 0 spiro atoms. The number of benzene rings is 1. The fourth-order valence-corrected chi connectivity index (χ4v) is 4.44. The van der Waals surface area contributed by atoms with Gasteiger partial charge in [0.2, 0.25) is 10.0 Å². The zero-order valence-electron chi connectivity index (χ0n) is 13.3. The van der Waals surface area contributed by atoms with E-state index in [-0.39, 0.29) is 11.9 Å². The lowest BCUT2D eigenvalue weighted by Crippen LogP contribution is -2.38. The zero-order chi connectivity index (χ0) is 16.8. The summed E-state index contributed by atoms with van der Waals surface area (Å²) in [6.45, 7) is 0. The smallest absolute Gasteiger partial charge is 0.253 e. The minimum absolute atomic E-state index is 0.216. The second kappa shape index (κ2) is 5.98. The number of sulfonamides is 1. The van der Waals surface area contributed by atoms with E-state index in [1.165, 1.54) is 32.4 Å². The molecule has 1 aromatic rings. The number of amides is 1. The number of fused-ring (bicyclic) bond motifs is 2. The Morgan fingerprint density at radius 3 is 2.61 bits per heavy atom. The predicted molar refractivity (Wildman–Crippen MR) is 91.4 cm³/mol. The van der Waals surface area contributed by atoms with Crippen molar-refractivity contribution in [2.24, 2.45) is 11.8 Å². The van der Waals surface area contributed by atoms with E-state index in [1.54, 1.807) is 12.1 Å².